The van der Waals surface area contributed by atoms with Gasteiger partial charge < -0.3 is 0 Å². The highest BCUT2D eigenvalue weighted by Gasteiger charge is 2.10. The molecular formula is C30H28. The average molecular weight is 389 g/mol. The third kappa shape index (κ3) is 4.28. The van der Waals surface area contributed by atoms with Crippen molar-refractivity contribution in [2.75, 3.05) is 0 Å². The predicted octanol–water partition coefficient (Wildman–Crippen LogP) is 8.75. The molecule has 0 nitrogen and oxygen atoms in total. The van der Waals surface area contributed by atoms with Crippen LogP contribution in [0.1, 0.15) is 37.8 Å². The van der Waals surface area contributed by atoms with E-state index >= 15 is 0 Å². The zero-order chi connectivity index (χ0) is 20.8. The molecule has 148 valence electrons. The summed E-state index contributed by atoms with van der Waals surface area (Å²) in [5, 5.41) is 0. The van der Waals surface area contributed by atoms with Crippen molar-refractivity contribution in [3.63, 3.8) is 0 Å². The lowest BCUT2D eigenvalue weighted by Crippen LogP contribution is -1.92. The average Bonchev–Trinajstić information content (AvgIpc) is 2.84. The van der Waals surface area contributed by atoms with Gasteiger partial charge in [-0.2, -0.15) is 0 Å². The van der Waals surface area contributed by atoms with Gasteiger partial charge in [0.15, 0.2) is 0 Å². The molecule has 0 aromatic heterocycles. The van der Waals surface area contributed by atoms with Gasteiger partial charge >= 0.3 is 0 Å². The molecule has 0 atom stereocenters. The van der Waals surface area contributed by atoms with Gasteiger partial charge in [0.1, 0.15) is 0 Å². The van der Waals surface area contributed by atoms with E-state index in [2.05, 4.69) is 123 Å². The molecule has 4 aromatic rings. The SMILES string of the molecule is CC/C(=C(\CC)c1ccc(-c2ccccc2)cc1)c1ccc(-c2ccccc2)cc1. The molecule has 0 saturated heterocycles. The van der Waals surface area contributed by atoms with Crippen LogP contribution in [-0.4, -0.2) is 0 Å². The minimum Gasteiger partial charge on any atom is -0.0622 e. The fourth-order valence-corrected chi connectivity index (χ4v) is 4.17. The molecule has 4 rings (SSSR count). The molecule has 0 aliphatic rings. The summed E-state index contributed by atoms with van der Waals surface area (Å²) in [6, 6.07) is 39.2. The largest absolute Gasteiger partial charge is 0.0622 e. The Morgan fingerprint density at radius 1 is 0.400 bits per heavy atom. The zero-order valence-corrected chi connectivity index (χ0v) is 17.8. The van der Waals surface area contributed by atoms with Gasteiger partial charge in [-0.3, -0.25) is 0 Å². The Labute approximate surface area is 180 Å². The Morgan fingerprint density at radius 2 is 0.700 bits per heavy atom. The first kappa shape index (κ1) is 19.9. The fraction of sp³-hybridized carbons (Fsp3) is 0.133. The van der Waals surface area contributed by atoms with Gasteiger partial charge in [0.25, 0.3) is 0 Å². The minimum absolute atomic E-state index is 1.02. The van der Waals surface area contributed by atoms with Gasteiger partial charge in [0.2, 0.25) is 0 Å². The summed E-state index contributed by atoms with van der Waals surface area (Å²) in [5.74, 6) is 0. The number of benzene rings is 4. The maximum absolute atomic E-state index is 2.27. The number of hydrogen-bond acceptors (Lipinski definition) is 0. The highest BCUT2D eigenvalue weighted by molar-refractivity contribution is 5.91. The molecule has 0 bridgehead atoms. The van der Waals surface area contributed by atoms with Crippen molar-refractivity contribution in [1.29, 1.82) is 0 Å². The van der Waals surface area contributed by atoms with Gasteiger partial charge in [-0.25, -0.2) is 0 Å². The number of hydrogen-bond donors (Lipinski definition) is 0. The van der Waals surface area contributed by atoms with E-state index < -0.39 is 0 Å². The summed E-state index contributed by atoms with van der Waals surface area (Å²) < 4.78 is 0. The van der Waals surface area contributed by atoms with Gasteiger partial charge in [-0.05, 0) is 57.4 Å². The molecule has 0 heteroatoms. The predicted molar refractivity (Wildman–Crippen MR) is 131 cm³/mol. The molecule has 0 aliphatic heterocycles. The van der Waals surface area contributed by atoms with E-state index in [-0.39, 0.29) is 0 Å². The number of allylic oxidation sites excluding steroid dienone is 2. The smallest absolute Gasteiger partial charge is 0.0184 e. The van der Waals surface area contributed by atoms with E-state index in [0.717, 1.165) is 12.8 Å². The quantitative estimate of drug-likeness (QED) is 0.290. The maximum Gasteiger partial charge on any atom is -0.0184 e. The lowest BCUT2D eigenvalue weighted by atomic mass is 9.90. The molecule has 0 heterocycles. The van der Waals surface area contributed by atoms with Crippen LogP contribution in [0.4, 0.5) is 0 Å². The van der Waals surface area contributed by atoms with Crippen molar-refractivity contribution in [3.05, 3.63) is 120 Å². The molecule has 0 saturated carbocycles. The highest BCUT2D eigenvalue weighted by atomic mass is 14.1. The van der Waals surface area contributed by atoms with Crippen molar-refractivity contribution in [1.82, 2.24) is 0 Å². The van der Waals surface area contributed by atoms with Crippen LogP contribution in [0.2, 0.25) is 0 Å². The standard InChI is InChI=1S/C30H28/c1-3-29(27-19-15-25(16-20-27)23-11-7-5-8-12-23)30(4-2)28-21-17-26(18-22-28)24-13-9-6-10-14-24/h5-22H,3-4H2,1-2H3/b30-29-. The van der Waals surface area contributed by atoms with E-state index in [1.165, 1.54) is 44.5 Å². The van der Waals surface area contributed by atoms with E-state index in [4.69, 9.17) is 0 Å². The molecule has 4 aromatic carbocycles. The van der Waals surface area contributed by atoms with Crippen LogP contribution in [0.25, 0.3) is 33.4 Å². The molecule has 0 spiro atoms. The molecule has 0 unspecified atom stereocenters. The minimum atomic E-state index is 1.02. The Hall–Kier alpha value is -3.38. The Kier molecular flexibility index (Phi) is 6.25. The van der Waals surface area contributed by atoms with E-state index in [1.54, 1.807) is 0 Å². The first-order chi connectivity index (χ1) is 14.8. The van der Waals surface area contributed by atoms with Crippen LogP contribution in [0, 0.1) is 0 Å². The lowest BCUT2D eigenvalue weighted by Gasteiger charge is -2.15. The van der Waals surface area contributed by atoms with Gasteiger partial charge in [-0.1, -0.05) is 123 Å². The van der Waals surface area contributed by atoms with Crippen LogP contribution in [-0.2, 0) is 0 Å². The lowest BCUT2D eigenvalue weighted by molar-refractivity contribution is 1.18. The van der Waals surface area contributed by atoms with Crippen molar-refractivity contribution in [3.8, 4) is 22.3 Å². The molecule has 30 heavy (non-hydrogen) atoms. The second kappa shape index (κ2) is 9.41. The monoisotopic (exact) mass is 388 g/mol. The zero-order valence-electron chi connectivity index (χ0n) is 17.8. The van der Waals surface area contributed by atoms with Gasteiger partial charge in [-0.15, -0.1) is 0 Å². The topological polar surface area (TPSA) is 0 Å². The van der Waals surface area contributed by atoms with Crippen LogP contribution < -0.4 is 0 Å². The Balaban J connectivity index is 1.67. The van der Waals surface area contributed by atoms with Crippen molar-refractivity contribution in [2.24, 2.45) is 0 Å². The maximum atomic E-state index is 2.27. The number of rotatable bonds is 6. The third-order valence-corrected chi connectivity index (χ3v) is 5.75. The molecule has 0 N–H and O–H groups in total. The first-order valence-corrected chi connectivity index (χ1v) is 10.8. The van der Waals surface area contributed by atoms with E-state index in [1.807, 2.05) is 0 Å². The molecule has 0 aliphatic carbocycles. The molecular weight excluding hydrogens is 360 g/mol. The second-order valence-corrected chi connectivity index (χ2v) is 7.55. The van der Waals surface area contributed by atoms with Crippen molar-refractivity contribution in [2.45, 2.75) is 26.7 Å². The van der Waals surface area contributed by atoms with Gasteiger partial charge in [0, 0.05) is 0 Å². The van der Waals surface area contributed by atoms with Crippen LogP contribution in [0.5, 0.6) is 0 Å². The Bertz CT molecular complexity index is 1010. The van der Waals surface area contributed by atoms with Crippen LogP contribution >= 0.6 is 0 Å². The summed E-state index contributed by atoms with van der Waals surface area (Å²) in [6.07, 6.45) is 2.04. The van der Waals surface area contributed by atoms with Crippen molar-refractivity contribution < 1.29 is 0 Å². The Morgan fingerprint density at radius 3 is 1.00 bits per heavy atom. The molecule has 0 radical (unpaired) electrons. The van der Waals surface area contributed by atoms with E-state index in [9.17, 15) is 0 Å². The highest BCUT2D eigenvalue weighted by Crippen LogP contribution is 2.33. The molecule has 0 amide bonds. The summed E-state index contributed by atoms with van der Waals surface area (Å²) in [7, 11) is 0. The fourth-order valence-electron chi connectivity index (χ4n) is 4.17. The van der Waals surface area contributed by atoms with Crippen LogP contribution in [0.15, 0.2) is 109 Å². The van der Waals surface area contributed by atoms with Crippen molar-refractivity contribution >= 4 is 11.1 Å². The van der Waals surface area contributed by atoms with Crippen LogP contribution in [0.3, 0.4) is 0 Å². The normalized spacial score (nSPS) is 11.8. The summed E-state index contributed by atoms with van der Waals surface area (Å²) in [5.41, 5.74) is 10.6. The third-order valence-electron chi connectivity index (χ3n) is 5.75. The summed E-state index contributed by atoms with van der Waals surface area (Å²) in [4.78, 5) is 0. The second-order valence-electron chi connectivity index (χ2n) is 7.55. The van der Waals surface area contributed by atoms with Gasteiger partial charge in [0.05, 0.1) is 0 Å². The summed E-state index contributed by atoms with van der Waals surface area (Å²) >= 11 is 0. The summed E-state index contributed by atoms with van der Waals surface area (Å²) in [6.45, 7) is 4.52. The molecule has 0 fully saturated rings. The first-order valence-electron chi connectivity index (χ1n) is 10.8. The van der Waals surface area contributed by atoms with E-state index in [0.29, 0.717) is 0 Å².